The summed E-state index contributed by atoms with van der Waals surface area (Å²) in [6.07, 6.45) is 0. The molecule has 18 heavy (non-hydrogen) atoms. The van der Waals surface area contributed by atoms with Crippen molar-refractivity contribution < 1.29 is 4.74 Å². The average molecular weight is 277 g/mol. The number of fused-ring (bicyclic) bond motifs is 2. The highest BCUT2D eigenvalue weighted by Crippen LogP contribution is 2.32. The van der Waals surface area contributed by atoms with Gasteiger partial charge in [-0.2, -0.15) is 0 Å². The van der Waals surface area contributed by atoms with E-state index in [-0.39, 0.29) is 5.43 Å². The molecule has 2 aromatic carbocycles. The first-order valence-electron chi connectivity index (χ1n) is 5.40. The number of benzene rings is 2. The largest absolute Gasteiger partial charge is 0.495 e. The Morgan fingerprint density at radius 1 is 1.17 bits per heavy atom. The van der Waals surface area contributed by atoms with Crippen LogP contribution in [0.1, 0.15) is 0 Å². The second-order valence-electron chi connectivity index (χ2n) is 3.91. The van der Waals surface area contributed by atoms with Crippen LogP contribution < -0.4 is 10.2 Å². The summed E-state index contributed by atoms with van der Waals surface area (Å²) in [5, 5.41) is 2.02. The maximum absolute atomic E-state index is 12.4. The number of methoxy groups -OCH3 is 1. The van der Waals surface area contributed by atoms with Crippen molar-refractivity contribution in [3.05, 3.63) is 51.6 Å². The second-order valence-corrected chi connectivity index (χ2v) is 5.40. The molecule has 2 nitrogen and oxygen atoms in total. The van der Waals surface area contributed by atoms with Crippen LogP contribution in [-0.4, -0.2) is 7.11 Å². The molecule has 0 fully saturated rings. The van der Waals surface area contributed by atoms with Gasteiger partial charge in [0.1, 0.15) is 5.75 Å². The molecule has 0 aliphatic rings. The summed E-state index contributed by atoms with van der Waals surface area (Å²) in [6, 6.07) is 10.8. The van der Waals surface area contributed by atoms with Gasteiger partial charge in [-0.05, 0) is 30.3 Å². The van der Waals surface area contributed by atoms with Crippen molar-refractivity contribution >= 4 is 43.1 Å². The Balaban J connectivity index is 2.56. The van der Waals surface area contributed by atoms with E-state index in [1.54, 1.807) is 19.2 Å². The van der Waals surface area contributed by atoms with Crippen molar-refractivity contribution in [2.75, 3.05) is 7.11 Å². The van der Waals surface area contributed by atoms with Gasteiger partial charge in [0.05, 0.1) is 11.8 Å². The molecule has 0 bridgehead atoms. The lowest BCUT2D eigenvalue weighted by molar-refractivity contribution is 0.420. The quantitative estimate of drug-likeness (QED) is 0.626. The van der Waals surface area contributed by atoms with E-state index < -0.39 is 0 Å². The van der Waals surface area contributed by atoms with Gasteiger partial charge in [0.15, 0.2) is 5.43 Å². The summed E-state index contributed by atoms with van der Waals surface area (Å²) in [5.41, 5.74) is 0.0225. The third-order valence-electron chi connectivity index (χ3n) is 2.84. The molecule has 4 heteroatoms. The molecule has 0 saturated carbocycles. The van der Waals surface area contributed by atoms with Gasteiger partial charge in [-0.1, -0.05) is 17.7 Å². The minimum Gasteiger partial charge on any atom is -0.495 e. The summed E-state index contributed by atoms with van der Waals surface area (Å²) >= 11 is 7.49. The van der Waals surface area contributed by atoms with E-state index in [9.17, 15) is 4.79 Å². The van der Waals surface area contributed by atoms with Crippen molar-refractivity contribution in [1.82, 2.24) is 0 Å². The molecule has 0 saturated heterocycles. The van der Waals surface area contributed by atoms with Crippen molar-refractivity contribution in [2.45, 2.75) is 0 Å². The molecular weight excluding hydrogens is 268 g/mol. The summed E-state index contributed by atoms with van der Waals surface area (Å²) in [5.74, 6) is 0.719. The number of hydrogen-bond acceptors (Lipinski definition) is 3. The topological polar surface area (TPSA) is 26.3 Å². The Bertz CT molecular complexity index is 808. The van der Waals surface area contributed by atoms with Crippen molar-refractivity contribution in [1.29, 1.82) is 0 Å². The second kappa shape index (κ2) is 4.26. The summed E-state index contributed by atoms with van der Waals surface area (Å²) in [6.45, 7) is 0. The zero-order valence-electron chi connectivity index (χ0n) is 9.57. The first-order chi connectivity index (χ1) is 8.70. The normalized spacial score (nSPS) is 11.0. The van der Waals surface area contributed by atoms with Gasteiger partial charge >= 0.3 is 0 Å². The molecule has 0 N–H and O–H groups in total. The lowest BCUT2D eigenvalue weighted by atomic mass is 10.2. The van der Waals surface area contributed by atoms with E-state index in [1.165, 1.54) is 11.3 Å². The SMILES string of the molecule is COc1cccc2c(=O)c3ccc(Cl)cc3sc12. The number of hydrogen-bond donors (Lipinski definition) is 0. The fourth-order valence-electron chi connectivity index (χ4n) is 1.98. The van der Waals surface area contributed by atoms with E-state index in [4.69, 9.17) is 16.3 Å². The summed E-state index contributed by atoms with van der Waals surface area (Å²) < 4.78 is 7.04. The Morgan fingerprint density at radius 2 is 2.00 bits per heavy atom. The first kappa shape index (κ1) is 11.5. The Kier molecular flexibility index (Phi) is 2.73. The van der Waals surface area contributed by atoms with E-state index in [0.717, 1.165) is 15.1 Å². The summed E-state index contributed by atoms with van der Waals surface area (Å²) in [7, 11) is 1.61. The van der Waals surface area contributed by atoms with Gasteiger partial charge in [-0.15, -0.1) is 11.3 Å². The van der Waals surface area contributed by atoms with Crippen LogP contribution in [-0.2, 0) is 0 Å². The molecule has 0 atom stereocenters. The van der Waals surface area contributed by atoms with E-state index in [2.05, 4.69) is 0 Å². The fraction of sp³-hybridized carbons (Fsp3) is 0.0714. The molecular formula is C14H9ClO2S. The highest BCUT2D eigenvalue weighted by Gasteiger charge is 2.09. The molecule has 0 radical (unpaired) electrons. The summed E-state index contributed by atoms with van der Waals surface area (Å²) in [4.78, 5) is 12.4. The third kappa shape index (κ3) is 1.67. The molecule has 0 aliphatic heterocycles. The smallest absolute Gasteiger partial charge is 0.196 e. The van der Waals surface area contributed by atoms with Crippen LogP contribution in [0.4, 0.5) is 0 Å². The van der Waals surface area contributed by atoms with Crippen molar-refractivity contribution in [3.8, 4) is 5.75 Å². The van der Waals surface area contributed by atoms with Crippen LogP contribution in [0, 0.1) is 0 Å². The van der Waals surface area contributed by atoms with Gasteiger partial charge in [0.2, 0.25) is 0 Å². The Labute approximate surface area is 112 Å². The first-order valence-corrected chi connectivity index (χ1v) is 6.59. The van der Waals surface area contributed by atoms with Crippen LogP contribution in [0.25, 0.3) is 20.2 Å². The van der Waals surface area contributed by atoms with Crippen LogP contribution in [0.15, 0.2) is 41.2 Å². The number of halogens is 1. The van der Waals surface area contributed by atoms with Crippen LogP contribution in [0.3, 0.4) is 0 Å². The average Bonchev–Trinajstić information content (AvgIpc) is 2.38. The zero-order chi connectivity index (χ0) is 12.7. The molecule has 90 valence electrons. The highest BCUT2D eigenvalue weighted by atomic mass is 35.5. The van der Waals surface area contributed by atoms with Gasteiger partial charge in [0.25, 0.3) is 0 Å². The van der Waals surface area contributed by atoms with E-state index in [0.29, 0.717) is 15.8 Å². The molecule has 0 unspecified atom stereocenters. The molecule has 1 heterocycles. The highest BCUT2D eigenvalue weighted by molar-refractivity contribution is 7.24. The third-order valence-corrected chi connectivity index (χ3v) is 4.26. The Morgan fingerprint density at radius 3 is 2.78 bits per heavy atom. The van der Waals surface area contributed by atoms with Crippen molar-refractivity contribution in [3.63, 3.8) is 0 Å². The molecule has 3 rings (SSSR count). The maximum atomic E-state index is 12.4. The number of rotatable bonds is 1. The van der Waals surface area contributed by atoms with Gasteiger partial charge in [0, 0.05) is 20.5 Å². The van der Waals surface area contributed by atoms with Crippen LogP contribution in [0.5, 0.6) is 5.75 Å². The standard InChI is InChI=1S/C14H9ClO2S/c1-17-11-4-2-3-10-13(16)9-6-5-8(15)7-12(9)18-14(10)11/h2-7H,1H3. The molecule has 3 aromatic rings. The lowest BCUT2D eigenvalue weighted by Gasteiger charge is -2.05. The predicted molar refractivity (Wildman–Crippen MR) is 77.2 cm³/mol. The van der Waals surface area contributed by atoms with E-state index in [1.807, 2.05) is 24.3 Å². The molecule has 0 aliphatic carbocycles. The fourth-order valence-corrected chi connectivity index (χ4v) is 3.42. The minimum atomic E-state index is 0.0225. The Hall–Kier alpha value is -1.58. The van der Waals surface area contributed by atoms with Gasteiger partial charge < -0.3 is 4.74 Å². The maximum Gasteiger partial charge on any atom is 0.196 e. The number of ether oxygens (including phenoxy) is 1. The zero-order valence-corrected chi connectivity index (χ0v) is 11.1. The minimum absolute atomic E-state index is 0.0225. The van der Waals surface area contributed by atoms with Gasteiger partial charge in [-0.25, -0.2) is 0 Å². The lowest BCUT2D eigenvalue weighted by Crippen LogP contribution is -2.01. The van der Waals surface area contributed by atoms with Crippen molar-refractivity contribution in [2.24, 2.45) is 0 Å². The van der Waals surface area contributed by atoms with Crippen LogP contribution >= 0.6 is 22.9 Å². The van der Waals surface area contributed by atoms with E-state index >= 15 is 0 Å². The molecule has 0 amide bonds. The monoisotopic (exact) mass is 276 g/mol. The predicted octanol–water partition coefficient (Wildman–Crippen LogP) is 4.08. The molecule has 0 spiro atoms. The van der Waals surface area contributed by atoms with Gasteiger partial charge in [-0.3, -0.25) is 4.79 Å². The van der Waals surface area contributed by atoms with Crippen LogP contribution in [0.2, 0.25) is 5.02 Å². The molecule has 1 aromatic heterocycles.